The molecule has 2 rings (SSSR count). The van der Waals surface area contributed by atoms with Gasteiger partial charge in [0.15, 0.2) is 0 Å². The van der Waals surface area contributed by atoms with Crippen LogP contribution < -0.4 is 5.32 Å². The molecule has 0 spiro atoms. The molecule has 20 heavy (non-hydrogen) atoms. The second kappa shape index (κ2) is 6.06. The standard InChI is InChI=1S/C11H16N4O3S2/c1-11(2)15(6-16)7(5-19-11)9(17)12-10-14-13-8(20-10)4-18-3/h6-7H,4-5H2,1-3H3,(H,12,14,17). The highest BCUT2D eigenvalue weighted by Gasteiger charge is 2.43. The Labute approximate surface area is 125 Å². The fourth-order valence-corrected chi connectivity index (χ4v) is 3.80. The van der Waals surface area contributed by atoms with E-state index in [1.54, 1.807) is 18.9 Å². The Morgan fingerprint density at radius 3 is 3.00 bits per heavy atom. The van der Waals surface area contributed by atoms with E-state index in [9.17, 15) is 9.59 Å². The smallest absolute Gasteiger partial charge is 0.249 e. The molecule has 1 aromatic rings. The minimum absolute atomic E-state index is 0.240. The Bertz CT molecular complexity index is 506. The van der Waals surface area contributed by atoms with Crippen molar-refractivity contribution in [3.63, 3.8) is 0 Å². The third-order valence-electron chi connectivity index (χ3n) is 2.93. The van der Waals surface area contributed by atoms with Crippen molar-refractivity contribution in [1.29, 1.82) is 0 Å². The molecule has 0 saturated carbocycles. The minimum atomic E-state index is -0.484. The maximum absolute atomic E-state index is 12.2. The summed E-state index contributed by atoms with van der Waals surface area (Å²) in [7, 11) is 1.57. The number of rotatable bonds is 5. The average molecular weight is 316 g/mol. The third-order valence-corrected chi connectivity index (χ3v) is 5.14. The van der Waals surface area contributed by atoms with Crippen LogP contribution in [0, 0.1) is 0 Å². The number of hydrogen-bond acceptors (Lipinski definition) is 7. The molecule has 1 saturated heterocycles. The Morgan fingerprint density at radius 1 is 1.60 bits per heavy atom. The monoisotopic (exact) mass is 316 g/mol. The highest BCUT2D eigenvalue weighted by atomic mass is 32.2. The van der Waals surface area contributed by atoms with Gasteiger partial charge in [-0.2, -0.15) is 0 Å². The van der Waals surface area contributed by atoms with Gasteiger partial charge in [-0.1, -0.05) is 11.3 Å². The zero-order chi connectivity index (χ0) is 14.8. The predicted molar refractivity (Wildman–Crippen MR) is 77.5 cm³/mol. The van der Waals surface area contributed by atoms with Crippen molar-refractivity contribution in [2.24, 2.45) is 0 Å². The normalized spacial score (nSPS) is 20.9. The molecule has 2 amide bonds. The first-order valence-electron chi connectivity index (χ1n) is 5.98. The van der Waals surface area contributed by atoms with E-state index in [1.807, 2.05) is 13.8 Å². The summed E-state index contributed by atoms with van der Waals surface area (Å²) >= 11 is 2.83. The fraction of sp³-hybridized carbons (Fsp3) is 0.636. The number of anilines is 1. The van der Waals surface area contributed by atoms with E-state index < -0.39 is 6.04 Å². The van der Waals surface area contributed by atoms with Crippen molar-refractivity contribution >= 4 is 40.5 Å². The van der Waals surface area contributed by atoms with E-state index in [4.69, 9.17) is 4.74 Å². The molecule has 9 heteroatoms. The number of ether oxygens (including phenoxy) is 1. The van der Waals surface area contributed by atoms with Gasteiger partial charge in [0.2, 0.25) is 17.4 Å². The van der Waals surface area contributed by atoms with E-state index in [1.165, 1.54) is 16.2 Å². The molecule has 1 atom stereocenters. The number of methoxy groups -OCH3 is 1. The molecule has 7 nitrogen and oxygen atoms in total. The van der Waals surface area contributed by atoms with Crippen molar-refractivity contribution in [2.45, 2.75) is 31.4 Å². The van der Waals surface area contributed by atoms with Crippen LogP contribution in [0.4, 0.5) is 5.13 Å². The van der Waals surface area contributed by atoms with E-state index in [0.717, 1.165) is 6.41 Å². The van der Waals surface area contributed by atoms with Crippen LogP contribution in [-0.2, 0) is 20.9 Å². The zero-order valence-electron chi connectivity index (χ0n) is 11.5. The molecule has 0 aliphatic carbocycles. The van der Waals surface area contributed by atoms with E-state index in [2.05, 4.69) is 15.5 Å². The van der Waals surface area contributed by atoms with Gasteiger partial charge in [-0.05, 0) is 13.8 Å². The molecule has 0 aromatic carbocycles. The van der Waals surface area contributed by atoms with Crippen LogP contribution >= 0.6 is 23.1 Å². The van der Waals surface area contributed by atoms with E-state index >= 15 is 0 Å². The van der Waals surface area contributed by atoms with Gasteiger partial charge in [-0.3, -0.25) is 14.9 Å². The van der Waals surface area contributed by atoms with E-state index in [-0.39, 0.29) is 10.8 Å². The van der Waals surface area contributed by atoms with Crippen molar-refractivity contribution < 1.29 is 14.3 Å². The maximum atomic E-state index is 12.2. The summed E-state index contributed by atoms with van der Waals surface area (Å²) in [6, 6.07) is -0.484. The van der Waals surface area contributed by atoms with Gasteiger partial charge >= 0.3 is 0 Å². The number of nitrogens with one attached hydrogen (secondary N) is 1. The number of amides is 2. The maximum Gasteiger partial charge on any atom is 0.249 e. The van der Waals surface area contributed by atoms with Crippen LogP contribution in [0.1, 0.15) is 18.9 Å². The molecular weight excluding hydrogens is 300 g/mol. The van der Waals surface area contributed by atoms with Gasteiger partial charge in [0, 0.05) is 12.9 Å². The summed E-state index contributed by atoms with van der Waals surface area (Å²) < 4.78 is 4.95. The van der Waals surface area contributed by atoms with Crippen molar-refractivity contribution in [2.75, 3.05) is 18.2 Å². The molecule has 1 aliphatic heterocycles. The second-order valence-corrected chi connectivity index (χ2v) is 7.39. The lowest BCUT2D eigenvalue weighted by Crippen LogP contribution is -2.47. The lowest BCUT2D eigenvalue weighted by molar-refractivity contribution is -0.130. The van der Waals surface area contributed by atoms with Gasteiger partial charge in [0.1, 0.15) is 17.7 Å². The largest absolute Gasteiger partial charge is 0.377 e. The summed E-state index contributed by atoms with van der Waals surface area (Å²) in [5.74, 6) is 0.330. The van der Waals surface area contributed by atoms with Crippen molar-refractivity contribution in [3.05, 3.63) is 5.01 Å². The molecule has 1 N–H and O–H groups in total. The van der Waals surface area contributed by atoms with Crippen LogP contribution in [0.25, 0.3) is 0 Å². The molecule has 1 aromatic heterocycles. The highest BCUT2D eigenvalue weighted by Crippen LogP contribution is 2.37. The van der Waals surface area contributed by atoms with E-state index in [0.29, 0.717) is 22.5 Å². The van der Waals surface area contributed by atoms with Crippen molar-refractivity contribution in [3.8, 4) is 0 Å². The predicted octanol–water partition coefficient (Wildman–Crippen LogP) is 0.933. The topological polar surface area (TPSA) is 84.4 Å². The average Bonchev–Trinajstić information content (AvgIpc) is 2.93. The van der Waals surface area contributed by atoms with Crippen LogP contribution in [0.2, 0.25) is 0 Å². The first-order chi connectivity index (χ1) is 9.47. The highest BCUT2D eigenvalue weighted by molar-refractivity contribution is 8.00. The molecule has 0 radical (unpaired) electrons. The Hall–Kier alpha value is -1.19. The Kier molecular flexibility index (Phi) is 4.61. The molecule has 2 heterocycles. The number of carbonyl (C=O) groups excluding carboxylic acids is 2. The SMILES string of the molecule is COCc1nnc(NC(=O)C2CSC(C)(C)N2C=O)s1. The first-order valence-corrected chi connectivity index (χ1v) is 7.78. The molecule has 110 valence electrons. The summed E-state index contributed by atoms with van der Waals surface area (Å²) in [6.45, 7) is 4.20. The van der Waals surface area contributed by atoms with Gasteiger partial charge < -0.3 is 9.64 Å². The summed E-state index contributed by atoms with van der Waals surface area (Å²) in [5, 5.41) is 11.6. The summed E-state index contributed by atoms with van der Waals surface area (Å²) in [4.78, 5) is 24.6. The van der Waals surface area contributed by atoms with Gasteiger partial charge in [-0.25, -0.2) is 0 Å². The van der Waals surface area contributed by atoms with Crippen LogP contribution in [0.15, 0.2) is 0 Å². The quantitative estimate of drug-likeness (QED) is 0.814. The van der Waals surface area contributed by atoms with Gasteiger partial charge in [-0.15, -0.1) is 22.0 Å². The molecular formula is C11H16N4O3S2. The Morgan fingerprint density at radius 2 is 2.35 bits per heavy atom. The van der Waals surface area contributed by atoms with Crippen LogP contribution in [-0.4, -0.2) is 51.2 Å². The molecule has 1 aliphatic rings. The lowest BCUT2D eigenvalue weighted by Gasteiger charge is -2.29. The minimum Gasteiger partial charge on any atom is -0.377 e. The first kappa shape index (κ1) is 15.2. The molecule has 1 unspecified atom stereocenters. The lowest BCUT2D eigenvalue weighted by atomic mass is 10.2. The zero-order valence-corrected chi connectivity index (χ0v) is 13.1. The number of carbonyl (C=O) groups is 2. The summed E-state index contributed by atoms with van der Waals surface area (Å²) in [5.41, 5.74) is 0. The number of thioether (sulfide) groups is 1. The number of hydrogen-bond donors (Lipinski definition) is 1. The second-order valence-electron chi connectivity index (χ2n) is 4.71. The summed E-state index contributed by atoms with van der Waals surface area (Å²) in [6.07, 6.45) is 0.723. The van der Waals surface area contributed by atoms with Gasteiger partial charge in [0.25, 0.3) is 0 Å². The number of aromatic nitrogens is 2. The third kappa shape index (κ3) is 3.10. The molecule has 0 bridgehead atoms. The van der Waals surface area contributed by atoms with Crippen LogP contribution in [0.3, 0.4) is 0 Å². The Balaban J connectivity index is 2.02. The van der Waals surface area contributed by atoms with Crippen LogP contribution in [0.5, 0.6) is 0 Å². The number of nitrogens with zero attached hydrogens (tertiary/aromatic N) is 3. The van der Waals surface area contributed by atoms with Crippen molar-refractivity contribution in [1.82, 2.24) is 15.1 Å². The van der Waals surface area contributed by atoms with Gasteiger partial charge in [0.05, 0.1) is 4.87 Å². The molecule has 1 fully saturated rings. The fourth-order valence-electron chi connectivity index (χ4n) is 1.89.